The molecule has 2 aromatic rings. The Morgan fingerprint density at radius 3 is 3.17 bits per heavy atom. The van der Waals surface area contributed by atoms with Crippen LogP contribution >= 0.6 is 11.3 Å². The first-order valence-corrected chi connectivity index (χ1v) is 6.37. The van der Waals surface area contributed by atoms with E-state index >= 15 is 0 Å². The zero-order chi connectivity index (χ0) is 12.5. The number of aromatic nitrogens is 4. The lowest BCUT2D eigenvalue weighted by molar-refractivity contribution is 0.0696. The molecule has 0 radical (unpaired) electrons. The van der Waals surface area contributed by atoms with Crippen LogP contribution in [0.25, 0.3) is 0 Å². The molecule has 3 heterocycles. The molecule has 1 aliphatic heterocycles. The number of thiazole rings is 1. The largest absolute Gasteiger partial charge is 0.476 e. The van der Waals surface area contributed by atoms with Crippen molar-refractivity contribution in [3.8, 4) is 0 Å². The smallest absolute Gasteiger partial charge is 0.365 e. The van der Waals surface area contributed by atoms with Gasteiger partial charge in [-0.1, -0.05) is 0 Å². The summed E-state index contributed by atoms with van der Waals surface area (Å²) >= 11 is 1.16. The molecule has 18 heavy (non-hydrogen) atoms. The zero-order valence-electron chi connectivity index (χ0n) is 9.48. The third kappa shape index (κ3) is 2.12. The summed E-state index contributed by atoms with van der Waals surface area (Å²) in [4.78, 5) is 17.0. The van der Waals surface area contributed by atoms with E-state index in [9.17, 15) is 4.79 Å². The summed E-state index contributed by atoms with van der Waals surface area (Å²) in [6, 6.07) is 0. The number of carboxylic acids is 1. The van der Waals surface area contributed by atoms with Crippen LogP contribution in [0.4, 0.5) is 0 Å². The van der Waals surface area contributed by atoms with E-state index in [0.717, 1.165) is 42.5 Å². The minimum Gasteiger partial charge on any atom is -0.476 e. The number of fused-ring (bicyclic) bond motifs is 1. The Kier molecular flexibility index (Phi) is 2.80. The molecule has 0 bridgehead atoms. The minimum atomic E-state index is -0.968. The molecule has 0 aromatic carbocycles. The molecule has 0 unspecified atom stereocenters. The van der Waals surface area contributed by atoms with Crippen LogP contribution in [0.15, 0.2) is 11.7 Å². The van der Waals surface area contributed by atoms with Gasteiger partial charge in [0, 0.05) is 25.0 Å². The first kappa shape index (κ1) is 11.3. The lowest BCUT2D eigenvalue weighted by atomic mass is 10.3. The first-order chi connectivity index (χ1) is 8.72. The topological polar surface area (TPSA) is 84.1 Å². The summed E-state index contributed by atoms with van der Waals surface area (Å²) in [5.74, 6) is -0.0282. The molecule has 0 amide bonds. The fourth-order valence-corrected chi connectivity index (χ4v) is 2.60. The number of aromatic carboxylic acids is 1. The lowest BCUT2D eigenvalue weighted by Gasteiger charge is -2.25. The predicted octanol–water partition coefficient (Wildman–Crippen LogP) is 0.449. The van der Waals surface area contributed by atoms with Crippen molar-refractivity contribution in [2.45, 2.75) is 19.6 Å². The fourth-order valence-electron chi connectivity index (χ4n) is 1.96. The van der Waals surface area contributed by atoms with Crippen LogP contribution in [0.1, 0.15) is 21.3 Å². The molecular formula is C10H11N5O2S. The van der Waals surface area contributed by atoms with Crippen molar-refractivity contribution in [1.29, 1.82) is 0 Å². The van der Waals surface area contributed by atoms with E-state index in [0.29, 0.717) is 6.54 Å². The molecule has 8 heteroatoms. The first-order valence-electron chi connectivity index (χ1n) is 5.49. The van der Waals surface area contributed by atoms with E-state index in [1.165, 1.54) is 0 Å². The van der Waals surface area contributed by atoms with Gasteiger partial charge in [0.25, 0.3) is 0 Å². The quantitative estimate of drug-likeness (QED) is 0.867. The second-order valence-electron chi connectivity index (χ2n) is 4.10. The molecule has 0 spiro atoms. The normalized spacial score (nSPS) is 15.6. The van der Waals surface area contributed by atoms with E-state index in [2.05, 4.69) is 20.1 Å². The van der Waals surface area contributed by atoms with E-state index in [1.54, 1.807) is 11.7 Å². The third-order valence-electron chi connectivity index (χ3n) is 2.84. The maximum absolute atomic E-state index is 10.7. The van der Waals surface area contributed by atoms with Crippen molar-refractivity contribution in [3.05, 3.63) is 28.2 Å². The van der Waals surface area contributed by atoms with Crippen LogP contribution in [0.5, 0.6) is 0 Å². The minimum absolute atomic E-state index is 0.144. The SMILES string of the molecule is O=C(O)c1nc(CN2CCn3cnnc3C2)cs1. The highest BCUT2D eigenvalue weighted by molar-refractivity contribution is 7.11. The average Bonchev–Trinajstić information content (AvgIpc) is 2.96. The Morgan fingerprint density at radius 2 is 2.39 bits per heavy atom. The average molecular weight is 265 g/mol. The van der Waals surface area contributed by atoms with Crippen LogP contribution in [0.3, 0.4) is 0 Å². The number of hydrogen-bond acceptors (Lipinski definition) is 6. The molecule has 94 valence electrons. The number of hydrogen-bond donors (Lipinski definition) is 1. The molecule has 0 saturated heterocycles. The number of nitrogens with zero attached hydrogens (tertiary/aromatic N) is 5. The highest BCUT2D eigenvalue weighted by Gasteiger charge is 2.19. The predicted molar refractivity (Wildman–Crippen MR) is 63.2 cm³/mol. The number of rotatable bonds is 3. The molecule has 0 saturated carbocycles. The van der Waals surface area contributed by atoms with Gasteiger partial charge in [0.1, 0.15) is 12.2 Å². The molecule has 2 aromatic heterocycles. The zero-order valence-corrected chi connectivity index (χ0v) is 10.3. The molecule has 7 nitrogen and oxygen atoms in total. The summed E-state index contributed by atoms with van der Waals surface area (Å²) in [7, 11) is 0. The van der Waals surface area contributed by atoms with Gasteiger partial charge in [0.15, 0.2) is 0 Å². The Morgan fingerprint density at radius 1 is 1.50 bits per heavy atom. The van der Waals surface area contributed by atoms with E-state index in [1.807, 2.05) is 4.57 Å². The molecule has 3 rings (SSSR count). The second-order valence-corrected chi connectivity index (χ2v) is 4.96. The van der Waals surface area contributed by atoms with Gasteiger partial charge in [-0.2, -0.15) is 0 Å². The summed E-state index contributed by atoms with van der Waals surface area (Å²) in [6.07, 6.45) is 1.73. The van der Waals surface area contributed by atoms with Gasteiger partial charge >= 0.3 is 5.97 Å². The van der Waals surface area contributed by atoms with Gasteiger partial charge in [-0.25, -0.2) is 9.78 Å². The van der Waals surface area contributed by atoms with E-state index in [4.69, 9.17) is 5.11 Å². The standard InChI is InChI=1S/C10H11N5O2S/c16-10(17)9-12-7(5-18-9)3-14-1-2-15-6-11-13-8(15)4-14/h5-6H,1-4H2,(H,16,17). The van der Waals surface area contributed by atoms with Crippen LogP contribution in [-0.2, 0) is 19.6 Å². The number of carbonyl (C=O) groups is 1. The summed E-state index contributed by atoms with van der Waals surface area (Å²) in [5.41, 5.74) is 0.797. The van der Waals surface area contributed by atoms with Gasteiger partial charge in [0.05, 0.1) is 12.2 Å². The fraction of sp³-hybridized carbons (Fsp3) is 0.400. The third-order valence-corrected chi connectivity index (χ3v) is 3.72. The lowest BCUT2D eigenvalue weighted by Crippen LogP contribution is -2.33. The molecule has 0 atom stereocenters. The molecule has 0 aliphatic carbocycles. The van der Waals surface area contributed by atoms with Crippen molar-refractivity contribution in [2.24, 2.45) is 0 Å². The number of carboxylic acid groups (broad SMARTS) is 1. The monoisotopic (exact) mass is 265 g/mol. The van der Waals surface area contributed by atoms with Crippen LogP contribution in [-0.4, -0.2) is 42.3 Å². The molecule has 1 N–H and O–H groups in total. The summed E-state index contributed by atoms with van der Waals surface area (Å²) in [6.45, 7) is 3.12. The summed E-state index contributed by atoms with van der Waals surface area (Å²) < 4.78 is 2.03. The Labute approximate surface area is 107 Å². The van der Waals surface area contributed by atoms with Gasteiger partial charge in [-0.3, -0.25) is 4.90 Å². The van der Waals surface area contributed by atoms with E-state index < -0.39 is 5.97 Å². The van der Waals surface area contributed by atoms with Crippen LogP contribution in [0.2, 0.25) is 0 Å². The Balaban J connectivity index is 1.68. The van der Waals surface area contributed by atoms with Crippen molar-refractivity contribution in [2.75, 3.05) is 6.54 Å². The Bertz CT molecular complexity index is 578. The second kappa shape index (κ2) is 4.46. The summed E-state index contributed by atoms with van der Waals surface area (Å²) in [5, 5.41) is 18.7. The van der Waals surface area contributed by atoms with Crippen LogP contribution < -0.4 is 0 Å². The van der Waals surface area contributed by atoms with Crippen molar-refractivity contribution in [1.82, 2.24) is 24.6 Å². The highest BCUT2D eigenvalue weighted by atomic mass is 32.1. The van der Waals surface area contributed by atoms with Crippen molar-refractivity contribution >= 4 is 17.3 Å². The maximum atomic E-state index is 10.7. The highest BCUT2D eigenvalue weighted by Crippen LogP contribution is 2.15. The molecule has 1 aliphatic rings. The molecule has 0 fully saturated rings. The van der Waals surface area contributed by atoms with Crippen molar-refractivity contribution in [3.63, 3.8) is 0 Å². The Hall–Kier alpha value is -1.80. The van der Waals surface area contributed by atoms with Gasteiger partial charge < -0.3 is 9.67 Å². The van der Waals surface area contributed by atoms with Crippen molar-refractivity contribution < 1.29 is 9.90 Å². The molecular weight excluding hydrogens is 254 g/mol. The van der Waals surface area contributed by atoms with E-state index in [-0.39, 0.29) is 5.01 Å². The van der Waals surface area contributed by atoms with Crippen LogP contribution in [0, 0.1) is 0 Å². The van der Waals surface area contributed by atoms with Gasteiger partial charge in [-0.15, -0.1) is 21.5 Å². The maximum Gasteiger partial charge on any atom is 0.365 e. The van der Waals surface area contributed by atoms with Gasteiger partial charge in [0.2, 0.25) is 5.01 Å². The van der Waals surface area contributed by atoms with Gasteiger partial charge in [-0.05, 0) is 0 Å².